The van der Waals surface area contributed by atoms with Crippen molar-refractivity contribution in [3.63, 3.8) is 0 Å². The highest BCUT2D eigenvalue weighted by molar-refractivity contribution is 14.1. The quantitative estimate of drug-likeness (QED) is 0.787. The van der Waals surface area contributed by atoms with Gasteiger partial charge in [-0.1, -0.05) is 0 Å². The van der Waals surface area contributed by atoms with Gasteiger partial charge in [0.1, 0.15) is 5.52 Å². The van der Waals surface area contributed by atoms with Gasteiger partial charge >= 0.3 is 5.97 Å². The van der Waals surface area contributed by atoms with Gasteiger partial charge in [-0.3, -0.25) is 0 Å². The highest BCUT2D eigenvalue weighted by Crippen LogP contribution is 2.19. The fourth-order valence-corrected chi connectivity index (χ4v) is 1.90. The predicted molar refractivity (Wildman–Crippen MR) is 55.8 cm³/mol. The molecular weight excluding hydrogens is 283 g/mol. The van der Waals surface area contributed by atoms with Crippen LogP contribution >= 0.6 is 22.6 Å². The van der Waals surface area contributed by atoms with Crippen LogP contribution in [0.1, 0.15) is 10.4 Å². The third-order valence-electron chi connectivity index (χ3n) is 1.72. The molecule has 66 valence electrons. The van der Waals surface area contributed by atoms with Crippen molar-refractivity contribution in [2.45, 2.75) is 0 Å². The minimum Gasteiger partial charge on any atom is -0.478 e. The summed E-state index contributed by atoms with van der Waals surface area (Å²) in [5, 5.41) is 8.77. The minimum atomic E-state index is -0.922. The van der Waals surface area contributed by atoms with Crippen molar-refractivity contribution >= 4 is 39.6 Å². The number of rotatable bonds is 1. The molecule has 2 N–H and O–H groups in total. The molecule has 0 bridgehead atoms. The molecule has 2 aromatic rings. The molecule has 0 saturated carbocycles. The van der Waals surface area contributed by atoms with Gasteiger partial charge in [-0.2, -0.15) is 0 Å². The van der Waals surface area contributed by atoms with Gasteiger partial charge < -0.3 is 10.1 Å². The molecule has 0 unspecified atom stereocenters. The number of nitrogens with zero attached hydrogens (tertiary/aromatic N) is 1. The van der Waals surface area contributed by atoms with E-state index >= 15 is 0 Å². The summed E-state index contributed by atoms with van der Waals surface area (Å²) in [5.74, 6) is -0.922. The number of aromatic amines is 1. The SMILES string of the molecule is O=C(O)c1cc(I)c2nc[nH]c2c1. The van der Waals surface area contributed by atoms with E-state index < -0.39 is 5.97 Å². The number of benzene rings is 1. The van der Waals surface area contributed by atoms with Gasteiger partial charge in [0.15, 0.2) is 0 Å². The Bertz CT molecular complexity index is 478. The van der Waals surface area contributed by atoms with Crippen molar-refractivity contribution in [3.05, 3.63) is 27.6 Å². The Balaban J connectivity index is 2.77. The lowest BCUT2D eigenvalue weighted by Crippen LogP contribution is -1.96. The van der Waals surface area contributed by atoms with Crippen LogP contribution in [0.3, 0.4) is 0 Å². The Morgan fingerprint density at radius 3 is 3.00 bits per heavy atom. The van der Waals surface area contributed by atoms with Gasteiger partial charge in [-0.05, 0) is 34.7 Å². The van der Waals surface area contributed by atoms with Crippen LogP contribution in [0.15, 0.2) is 18.5 Å². The average molecular weight is 288 g/mol. The van der Waals surface area contributed by atoms with Gasteiger partial charge in [0.05, 0.1) is 17.4 Å². The summed E-state index contributed by atoms with van der Waals surface area (Å²) in [5.41, 5.74) is 1.84. The van der Waals surface area contributed by atoms with Crippen molar-refractivity contribution in [2.75, 3.05) is 0 Å². The number of aromatic nitrogens is 2. The van der Waals surface area contributed by atoms with E-state index in [0.717, 1.165) is 14.6 Å². The maximum Gasteiger partial charge on any atom is 0.335 e. The number of H-pyrrole nitrogens is 1. The first-order valence-electron chi connectivity index (χ1n) is 3.54. The van der Waals surface area contributed by atoms with E-state index in [1.54, 1.807) is 18.5 Å². The number of hydrogen-bond donors (Lipinski definition) is 2. The Labute approximate surface area is 87.1 Å². The highest BCUT2D eigenvalue weighted by Gasteiger charge is 2.08. The van der Waals surface area contributed by atoms with Gasteiger partial charge in [0.2, 0.25) is 0 Å². The number of carboxylic acid groups (broad SMARTS) is 1. The highest BCUT2D eigenvalue weighted by atomic mass is 127. The smallest absolute Gasteiger partial charge is 0.335 e. The number of fused-ring (bicyclic) bond motifs is 1. The van der Waals surface area contributed by atoms with Gasteiger partial charge in [0, 0.05) is 3.57 Å². The van der Waals surface area contributed by atoms with Crippen LogP contribution in [0.2, 0.25) is 0 Å². The van der Waals surface area contributed by atoms with Crippen molar-refractivity contribution in [1.29, 1.82) is 0 Å². The molecule has 0 spiro atoms. The van der Waals surface area contributed by atoms with Crippen LogP contribution in [0, 0.1) is 3.57 Å². The first kappa shape index (κ1) is 8.49. The molecule has 0 fully saturated rings. The molecule has 13 heavy (non-hydrogen) atoms. The monoisotopic (exact) mass is 288 g/mol. The lowest BCUT2D eigenvalue weighted by Gasteiger charge is -1.96. The van der Waals surface area contributed by atoms with E-state index in [4.69, 9.17) is 5.11 Å². The molecule has 0 aliphatic heterocycles. The Hall–Kier alpha value is -1.11. The summed E-state index contributed by atoms with van der Waals surface area (Å²) in [6.45, 7) is 0. The molecule has 4 nitrogen and oxygen atoms in total. The van der Waals surface area contributed by atoms with Crippen LogP contribution in [-0.2, 0) is 0 Å². The van der Waals surface area contributed by atoms with E-state index in [9.17, 15) is 4.79 Å². The van der Waals surface area contributed by atoms with E-state index in [0.29, 0.717) is 0 Å². The van der Waals surface area contributed by atoms with Crippen LogP contribution in [0.25, 0.3) is 11.0 Å². The van der Waals surface area contributed by atoms with Gasteiger partial charge in [-0.25, -0.2) is 9.78 Å². The molecular formula is C8H5IN2O2. The third kappa shape index (κ3) is 1.39. The van der Waals surface area contributed by atoms with Crippen LogP contribution in [0.5, 0.6) is 0 Å². The summed E-state index contributed by atoms with van der Waals surface area (Å²) < 4.78 is 0.841. The average Bonchev–Trinajstić information content (AvgIpc) is 2.51. The first-order chi connectivity index (χ1) is 6.18. The summed E-state index contributed by atoms with van der Waals surface area (Å²) >= 11 is 2.07. The molecule has 0 atom stereocenters. The zero-order valence-corrected chi connectivity index (χ0v) is 8.57. The lowest BCUT2D eigenvalue weighted by atomic mass is 10.2. The number of hydrogen-bond acceptors (Lipinski definition) is 2. The maximum absolute atomic E-state index is 10.7. The molecule has 1 aromatic carbocycles. The molecule has 1 aromatic heterocycles. The molecule has 5 heteroatoms. The van der Waals surface area contributed by atoms with Crippen molar-refractivity contribution in [3.8, 4) is 0 Å². The van der Waals surface area contributed by atoms with Crippen LogP contribution < -0.4 is 0 Å². The van der Waals surface area contributed by atoms with E-state index in [2.05, 4.69) is 32.6 Å². The standard InChI is InChI=1S/C8H5IN2O2/c9-5-1-4(8(12)13)2-6-7(5)11-3-10-6/h1-3H,(H,10,11)(H,12,13). The zero-order valence-electron chi connectivity index (χ0n) is 6.41. The second kappa shape index (κ2) is 2.99. The first-order valence-corrected chi connectivity index (χ1v) is 4.62. The van der Waals surface area contributed by atoms with Crippen LogP contribution in [0.4, 0.5) is 0 Å². The Morgan fingerprint density at radius 2 is 2.31 bits per heavy atom. The predicted octanol–water partition coefficient (Wildman–Crippen LogP) is 1.87. The summed E-state index contributed by atoms with van der Waals surface area (Å²) in [6, 6.07) is 3.18. The van der Waals surface area contributed by atoms with Crippen LogP contribution in [-0.4, -0.2) is 21.0 Å². The Morgan fingerprint density at radius 1 is 1.54 bits per heavy atom. The van der Waals surface area contributed by atoms with Gasteiger partial charge in [0.25, 0.3) is 0 Å². The molecule has 0 aliphatic carbocycles. The van der Waals surface area contributed by atoms with Crippen molar-refractivity contribution < 1.29 is 9.90 Å². The van der Waals surface area contributed by atoms with E-state index in [-0.39, 0.29) is 5.56 Å². The number of imidazole rings is 1. The fourth-order valence-electron chi connectivity index (χ4n) is 1.13. The van der Waals surface area contributed by atoms with Gasteiger partial charge in [-0.15, -0.1) is 0 Å². The number of nitrogens with one attached hydrogen (secondary N) is 1. The Kier molecular flexibility index (Phi) is 1.95. The van der Waals surface area contributed by atoms with E-state index in [1.165, 1.54) is 0 Å². The largest absolute Gasteiger partial charge is 0.478 e. The maximum atomic E-state index is 10.7. The summed E-state index contributed by atoms with van der Waals surface area (Å²) in [4.78, 5) is 17.6. The second-order valence-corrected chi connectivity index (χ2v) is 3.72. The molecule has 0 saturated heterocycles. The number of aromatic carboxylic acids is 1. The second-order valence-electron chi connectivity index (χ2n) is 2.56. The summed E-state index contributed by atoms with van der Waals surface area (Å²) in [7, 11) is 0. The molecule has 1 heterocycles. The topological polar surface area (TPSA) is 66.0 Å². The minimum absolute atomic E-state index is 0.279. The number of halogens is 1. The number of carbonyl (C=O) groups is 1. The van der Waals surface area contributed by atoms with E-state index in [1.807, 2.05) is 0 Å². The van der Waals surface area contributed by atoms with Crippen molar-refractivity contribution in [2.24, 2.45) is 0 Å². The summed E-state index contributed by atoms with van der Waals surface area (Å²) in [6.07, 6.45) is 1.55. The normalized spacial score (nSPS) is 10.5. The molecule has 0 aliphatic rings. The van der Waals surface area contributed by atoms with Crippen molar-refractivity contribution in [1.82, 2.24) is 9.97 Å². The molecule has 0 radical (unpaired) electrons. The fraction of sp³-hybridized carbons (Fsp3) is 0. The number of carboxylic acids is 1. The molecule has 2 rings (SSSR count). The third-order valence-corrected chi connectivity index (χ3v) is 2.55. The lowest BCUT2D eigenvalue weighted by molar-refractivity contribution is 0.0697. The zero-order chi connectivity index (χ0) is 9.42. The molecule has 0 amide bonds.